The normalized spacial score (nSPS) is 56.4. The molecule has 0 aromatic carbocycles. The van der Waals surface area contributed by atoms with E-state index in [9.17, 15) is 34.5 Å². The summed E-state index contributed by atoms with van der Waals surface area (Å²) in [5, 5.41) is 35.3. The number of fused-ring (bicyclic) bond motifs is 1. The lowest BCUT2D eigenvalue weighted by atomic mass is 9.51. The van der Waals surface area contributed by atoms with Crippen LogP contribution in [0.1, 0.15) is 34.6 Å². The van der Waals surface area contributed by atoms with Crippen LogP contribution in [-0.2, 0) is 42.9 Å². The van der Waals surface area contributed by atoms with Gasteiger partial charge in [-0.2, -0.15) is 0 Å². The van der Waals surface area contributed by atoms with Crippen molar-refractivity contribution >= 4 is 23.9 Å². The van der Waals surface area contributed by atoms with Crippen molar-refractivity contribution in [3.8, 4) is 0 Å². The standard InChI is InChI=1S/C22H26O12/c1-6-14(26)31-13-10(24)20-12-8(30-7(2)23)9(18(3,4)5)19(20)11(25)15(27)33-17(19)34-22(20,16(28)32-12)21(6,13)29/h6,8-13,17,24-25,29H,1-5H3/t6-,8+,9+,10+,11+,12-,13+,17+,19-,20+,21-,22-/m1/s1. The third-order valence-corrected chi connectivity index (χ3v) is 9.23. The molecule has 2 saturated carbocycles. The van der Waals surface area contributed by atoms with Gasteiger partial charge in [-0.3, -0.25) is 9.59 Å². The summed E-state index contributed by atoms with van der Waals surface area (Å²) in [6.45, 7) is 7.80. The Bertz CT molecular complexity index is 1060. The first kappa shape index (κ1) is 22.2. The summed E-state index contributed by atoms with van der Waals surface area (Å²) >= 11 is 0. The molecule has 2 aliphatic carbocycles. The van der Waals surface area contributed by atoms with E-state index in [1.807, 2.05) is 0 Å². The number of aliphatic hydroxyl groups excluding tert-OH is 2. The van der Waals surface area contributed by atoms with Crippen molar-refractivity contribution in [1.29, 1.82) is 0 Å². The Labute approximate surface area is 193 Å². The fourth-order valence-electron chi connectivity index (χ4n) is 8.54. The van der Waals surface area contributed by atoms with Gasteiger partial charge >= 0.3 is 23.9 Å². The molecule has 12 atom stereocenters. The first-order valence-corrected chi connectivity index (χ1v) is 11.2. The van der Waals surface area contributed by atoms with Crippen LogP contribution in [0.2, 0.25) is 0 Å². The van der Waals surface area contributed by atoms with E-state index in [1.165, 1.54) is 6.92 Å². The zero-order valence-electron chi connectivity index (χ0n) is 19.1. The fourth-order valence-corrected chi connectivity index (χ4v) is 8.54. The summed E-state index contributed by atoms with van der Waals surface area (Å²) < 4.78 is 28.2. The Balaban J connectivity index is 1.74. The van der Waals surface area contributed by atoms with Crippen molar-refractivity contribution in [2.75, 3.05) is 0 Å². The minimum absolute atomic E-state index is 0.719. The van der Waals surface area contributed by atoms with Crippen LogP contribution < -0.4 is 0 Å². The average Bonchev–Trinajstić information content (AvgIpc) is 3.41. The van der Waals surface area contributed by atoms with Crippen molar-refractivity contribution in [1.82, 2.24) is 0 Å². The second-order valence-electron chi connectivity index (χ2n) is 11.4. The highest BCUT2D eigenvalue weighted by Gasteiger charge is 3.05. The van der Waals surface area contributed by atoms with Gasteiger partial charge in [0.05, 0.1) is 16.7 Å². The zero-order valence-corrected chi connectivity index (χ0v) is 19.1. The highest BCUT2D eigenvalue weighted by atomic mass is 16.8. The summed E-state index contributed by atoms with van der Waals surface area (Å²) in [6.07, 6.45) is -9.65. The van der Waals surface area contributed by atoms with E-state index in [0.29, 0.717) is 0 Å². The molecule has 4 aliphatic heterocycles. The van der Waals surface area contributed by atoms with Gasteiger partial charge in [0.15, 0.2) is 23.9 Å². The van der Waals surface area contributed by atoms with Gasteiger partial charge in [-0.15, -0.1) is 0 Å². The maximum atomic E-state index is 13.6. The van der Waals surface area contributed by atoms with E-state index < -0.39 is 100.0 Å². The molecule has 186 valence electrons. The number of rotatable bonds is 1. The number of carbonyl (C=O) groups is 4. The van der Waals surface area contributed by atoms with Crippen LogP contribution in [0, 0.1) is 28.1 Å². The molecule has 6 aliphatic rings. The number of ether oxygens (including phenoxy) is 5. The summed E-state index contributed by atoms with van der Waals surface area (Å²) in [7, 11) is 0. The SMILES string of the molecule is CC(=O)O[C@@H]1[C@H]2OC(=O)[C@@]34O[C@@H]5OC(=O)[C@H](O)[C@@]5([C@@H]1C(C)(C)C)[C@]23[C@@H](O)[C@@H]1OC(=O)[C@@H](C)[C@@]14O. The molecule has 4 saturated heterocycles. The molecule has 0 aromatic heterocycles. The molecule has 0 aromatic rings. The molecule has 12 heteroatoms. The molecule has 6 fully saturated rings. The topological polar surface area (TPSA) is 175 Å². The first-order valence-electron chi connectivity index (χ1n) is 11.2. The van der Waals surface area contributed by atoms with Gasteiger partial charge in [-0.1, -0.05) is 20.8 Å². The predicted molar refractivity (Wildman–Crippen MR) is 103 cm³/mol. The highest BCUT2D eigenvalue weighted by Crippen LogP contribution is 2.84. The molecule has 0 radical (unpaired) electrons. The van der Waals surface area contributed by atoms with E-state index in [1.54, 1.807) is 20.8 Å². The number of esters is 4. The van der Waals surface area contributed by atoms with Crippen LogP contribution in [0.25, 0.3) is 0 Å². The smallest absolute Gasteiger partial charge is 0.343 e. The van der Waals surface area contributed by atoms with Crippen molar-refractivity contribution in [2.24, 2.45) is 28.1 Å². The Kier molecular flexibility index (Phi) is 3.75. The third-order valence-electron chi connectivity index (χ3n) is 9.23. The zero-order chi connectivity index (χ0) is 25.0. The predicted octanol–water partition coefficient (Wildman–Crippen LogP) is -1.83. The molecular weight excluding hydrogens is 456 g/mol. The van der Waals surface area contributed by atoms with Crippen LogP contribution in [0.4, 0.5) is 0 Å². The van der Waals surface area contributed by atoms with Crippen LogP contribution in [0.5, 0.6) is 0 Å². The lowest BCUT2D eigenvalue weighted by Gasteiger charge is -2.47. The summed E-state index contributed by atoms with van der Waals surface area (Å²) in [6, 6.07) is 0. The number of carbonyl (C=O) groups excluding carboxylic acids is 4. The fraction of sp³-hybridized carbons (Fsp3) is 0.818. The summed E-state index contributed by atoms with van der Waals surface area (Å²) in [5.41, 5.74) is -9.61. The number of hydrogen-bond donors (Lipinski definition) is 3. The highest BCUT2D eigenvalue weighted by molar-refractivity contribution is 5.94. The minimum atomic E-state index is -2.44. The Hall–Kier alpha value is -2.28. The van der Waals surface area contributed by atoms with Gasteiger partial charge in [-0.05, 0) is 12.3 Å². The van der Waals surface area contributed by atoms with Crippen molar-refractivity contribution in [3.05, 3.63) is 0 Å². The van der Waals surface area contributed by atoms with Crippen LogP contribution in [-0.4, -0.2) is 87.2 Å². The maximum Gasteiger partial charge on any atom is 0.343 e. The van der Waals surface area contributed by atoms with E-state index in [4.69, 9.17) is 23.7 Å². The molecule has 0 bridgehead atoms. The third kappa shape index (κ3) is 1.71. The molecule has 3 N–H and O–H groups in total. The largest absolute Gasteiger partial charge is 0.458 e. The van der Waals surface area contributed by atoms with Gasteiger partial charge in [-0.25, -0.2) is 9.59 Å². The summed E-state index contributed by atoms with van der Waals surface area (Å²) in [5.74, 6) is -6.02. The van der Waals surface area contributed by atoms with Crippen LogP contribution in [0.15, 0.2) is 0 Å². The second kappa shape index (κ2) is 5.75. The maximum absolute atomic E-state index is 13.6. The average molecular weight is 482 g/mol. The van der Waals surface area contributed by atoms with E-state index >= 15 is 0 Å². The lowest BCUT2D eigenvalue weighted by molar-refractivity contribution is -0.240. The second-order valence-corrected chi connectivity index (χ2v) is 11.4. The molecule has 34 heavy (non-hydrogen) atoms. The van der Waals surface area contributed by atoms with Crippen molar-refractivity contribution in [2.45, 2.75) is 82.6 Å². The van der Waals surface area contributed by atoms with Gasteiger partial charge in [0.2, 0.25) is 11.9 Å². The van der Waals surface area contributed by atoms with E-state index in [-0.39, 0.29) is 0 Å². The van der Waals surface area contributed by atoms with Gasteiger partial charge in [0, 0.05) is 12.8 Å². The molecular formula is C22H26O12. The van der Waals surface area contributed by atoms with Crippen LogP contribution >= 0.6 is 0 Å². The van der Waals surface area contributed by atoms with Gasteiger partial charge < -0.3 is 39.0 Å². The molecule has 2 spiro atoms. The Morgan fingerprint density at radius 2 is 1.68 bits per heavy atom. The van der Waals surface area contributed by atoms with Crippen molar-refractivity contribution in [3.63, 3.8) is 0 Å². The number of hydrogen-bond acceptors (Lipinski definition) is 12. The van der Waals surface area contributed by atoms with E-state index in [2.05, 4.69) is 0 Å². The minimum Gasteiger partial charge on any atom is -0.458 e. The molecule has 0 unspecified atom stereocenters. The Morgan fingerprint density at radius 3 is 2.26 bits per heavy atom. The Morgan fingerprint density at radius 1 is 1.03 bits per heavy atom. The number of aliphatic hydroxyl groups is 3. The molecule has 4 heterocycles. The summed E-state index contributed by atoms with van der Waals surface area (Å²) in [4.78, 5) is 51.1. The molecule has 12 nitrogen and oxygen atoms in total. The lowest BCUT2D eigenvalue weighted by Crippen LogP contribution is -2.67. The molecule has 6 rings (SSSR count). The van der Waals surface area contributed by atoms with Crippen LogP contribution in [0.3, 0.4) is 0 Å². The van der Waals surface area contributed by atoms with E-state index in [0.717, 1.165) is 6.92 Å². The quantitative estimate of drug-likeness (QED) is 0.282. The molecule has 0 amide bonds. The van der Waals surface area contributed by atoms with Gasteiger partial charge in [0.25, 0.3) is 0 Å². The monoisotopic (exact) mass is 482 g/mol. The van der Waals surface area contributed by atoms with Crippen molar-refractivity contribution < 1.29 is 58.2 Å². The van der Waals surface area contributed by atoms with Gasteiger partial charge in [0.1, 0.15) is 12.2 Å². The first-order chi connectivity index (χ1) is 15.7.